The standard InChI is InChI=1S/C18H21N3O2/c1-22-16-5-2-3-6-17(16)23-15-9-7-14(8-10-15)13-21-18-19-11-4-12-20-18/h2-3,5-10H,4,11-13H2,1H3,(H2,19,20,21). The molecule has 5 heteroatoms. The van der Waals surface area contributed by atoms with Gasteiger partial charge in [0.05, 0.1) is 7.11 Å². The van der Waals surface area contributed by atoms with Gasteiger partial charge in [-0.3, -0.25) is 4.99 Å². The average molecular weight is 311 g/mol. The van der Waals surface area contributed by atoms with Crippen molar-refractivity contribution in [2.45, 2.75) is 13.0 Å². The van der Waals surface area contributed by atoms with E-state index in [1.54, 1.807) is 7.11 Å². The lowest BCUT2D eigenvalue weighted by Crippen LogP contribution is -2.40. The zero-order chi connectivity index (χ0) is 15.9. The molecule has 5 nitrogen and oxygen atoms in total. The van der Waals surface area contributed by atoms with E-state index < -0.39 is 0 Å². The van der Waals surface area contributed by atoms with Crippen LogP contribution >= 0.6 is 0 Å². The molecule has 1 heterocycles. The van der Waals surface area contributed by atoms with Crippen molar-refractivity contribution < 1.29 is 9.47 Å². The van der Waals surface area contributed by atoms with Crippen LogP contribution in [0.15, 0.2) is 53.5 Å². The van der Waals surface area contributed by atoms with Crippen LogP contribution in [-0.4, -0.2) is 26.2 Å². The Labute approximate surface area is 136 Å². The highest BCUT2D eigenvalue weighted by molar-refractivity contribution is 5.80. The summed E-state index contributed by atoms with van der Waals surface area (Å²) < 4.78 is 11.2. The van der Waals surface area contributed by atoms with Crippen molar-refractivity contribution in [2.24, 2.45) is 4.99 Å². The van der Waals surface area contributed by atoms with Crippen LogP contribution < -0.4 is 20.1 Å². The first-order valence-electron chi connectivity index (χ1n) is 7.77. The number of hydrogen-bond acceptors (Lipinski definition) is 5. The van der Waals surface area contributed by atoms with E-state index in [1.807, 2.05) is 48.5 Å². The van der Waals surface area contributed by atoms with E-state index in [0.29, 0.717) is 5.75 Å². The van der Waals surface area contributed by atoms with Crippen molar-refractivity contribution in [2.75, 3.05) is 20.2 Å². The molecule has 0 saturated heterocycles. The average Bonchev–Trinajstić information content (AvgIpc) is 2.62. The maximum Gasteiger partial charge on any atom is 0.191 e. The highest BCUT2D eigenvalue weighted by Crippen LogP contribution is 2.30. The van der Waals surface area contributed by atoms with E-state index in [-0.39, 0.29) is 0 Å². The second-order valence-corrected chi connectivity index (χ2v) is 5.26. The van der Waals surface area contributed by atoms with E-state index in [4.69, 9.17) is 9.47 Å². The van der Waals surface area contributed by atoms with Gasteiger partial charge in [0.2, 0.25) is 0 Å². The molecule has 1 aliphatic rings. The first-order valence-corrected chi connectivity index (χ1v) is 7.77. The SMILES string of the molecule is COc1ccccc1Oc1ccc(CNC2=NCCCN2)cc1. The van der Waals surface area contributed by atoms with Crippen molar-refractivity contribution >= 4 is 5.96 Å². The fraction of sp³-hybridized carbons (Fsp3) is 0.278. The zero-order valence-electron chi connectivity index (χ0n) is 13.2. The van der Waals surface area contributed by atoms with Gasteiger partial charge in [-0.2, -0.15) is 0 Å². The third-order valence-corrected chi connectivity index (χ3v) is 3.58. The predicted octanol–water partition coefficient (Wildman–Crippen LogP) is 2.93. The summed E-state index contributed by atoms with van der Waals surface area (Å²) in [6.45, 7) is 2.61. The molecule has 0 radical (unpaired) electrons. The number of nitrogens with zero attached hydrogens (tertiary/aromatic N) is 1. The lowest BCUT2D eigenvalue weighted by molar-refractivity contribution is 0.379. The molecular formula is C18H21N3O2. The molecule has 2 N–H and O–H groups in total. The normalized spacial score (nSPS) is 13.7. The van der Waals surface area contributed by atoms with E-state index in [0.717, 1.165) is 43.5 Å². The Balaban J connectivity index is 1.59. The highest BCUT2D eigenvalue weighted by atomic mass is 16.5. The van der Waals surface area contributed by atoms with Crippen molar-refractivity contribution in [3.8, 4) is 17.2 Å². The zero-order valence-corrected chi connectivity index (χ0v) is 13.2. The Hall–Kier alpha value is -2.69. The van der Waals surface area contributed by atoms with Crippen LogP contribution in [0, 0.1) is 0 Å². The van der Waals surface area contributed by atoms with Crippen LogP contribution in [0.3, 0.4) is 0 Å². The molecule has 0 saturated carbocycles. The van der Waals surface area contributed by atoms with Crippen LogP contribution in [0.2, 0.25) is 0 Å². The number of hydrogen-bond donors (Lipinski definition) is 2. The molecule has 0 unspecified atom stereocenters. The third kappa shape index (κ3) is 4.16. The molecule has 0 bridgehead atoms. The highest BCUT2D eigenvalue weighted by Gasteiger charge is 2.05. The van der Waals surface area contributed by atoms with Crippen molar-refractivity contribution in [3.63, 3.8) is 0 Å². The topological polar surface area (TPSA) is 54.9 Å². The lowest BCUT2D eigenvalue weighted by Gasteiger charge is -2.16. The number of rotatable bonds is 5. The molecule has 2 aromatic rings. The second kappa shape index (κ2) is 7.54. The number of guanidine groups is 1. The van der Waals surface area contributed by atoms with Gasteiger partial charge in [0.1, 0.15) is 5.75 Å². The largest absolute Gasteiger partial charge is 0.493 e. The summed E-state index contributed by atoms with van der Waals surface area (Å²) in [6.07, 6.45) is 1.10. The van der Waals surface area contributed by atoms with E-state index in [9.17, 15) is 0 Å². The molecule has 0 aliphatic carbocycles. The Kier molecular flexibility index (Phi) is 4.99. The van der Waals surface area contributed by atoms with Crippen molar-refractivity contribution in [1.29, 1.82) is 0 Å². The molecule has 0 aromatic heterocycles. The third-order valence-electron chi connectivity index (χ3n) is 3.58. The fourth-order valence-electron chi connectivity index (χ4n) is 2.34. The van der Waals surface area contributed by atoms with E-state index in [2.05, 4.69) is 15.6 Å². The van der Waals surface area contributed by atoms with E-state index in [1.165, 1.54) is 5.56 Å². The van der Waals surface area contributed by atoms with E-state index >= 15 is 0 Å². The minimum atomic E-state index is 0.710. The molecule has 23 heavy (non-hydrogen) atoms. The van der Waals surface area contributed by atoms with Gasteiger partial charge in [-0.15, -0.1) is 0 Å². The van der Waals surface area contributed by atoms with Gasteiger partial charge in [-0.25, -0.2) is 0 Å². The fourth-order valence-corrected chi connectivity index (χ4v) is 2.34. The van der Waals surface area contributed by atoms with Gasteiger partial charge in [-0.1, -0.05) is 24.3 Å². The van der Waals surface area contributed by atoms with Crippen LogP contribution in [0.4, 0.5) is 0 Å². The monoisotopic (exact) mass is 311 g/mol. The minimum Gasteiger partial charge on any atom is -0.493 e. The summed E-state index contributed by atoms with van der Waals surface area (Å²) >= 11 is 0. The van der Waals surface area contributed by atoms with Crippen LogP contribution in [0.5, 0.6) is 17.2 Å². The summed E-state index contributed by atoms with van der Waals surface area (Å²) in [5.74, 6) is 3.10. The lowest BCUT2D eigenvalue weighted by atomic mass is 10.2. The first kappa shape index (κ1) is 15.2. The van der Waals surface area contributed by atoms with Crippen LogP contribution in [-0.2, 0) is 6.54 Å². The number of para-hydroxylation sites is 2. The number of benzene rings is 2. The van der Waals surface area contributed by atoms with Gasteiger partial charge in [0, 0.05) is 19.6 Å². The summed E-state index contributed by atoms with van der Waals surface area (Å²) in [7, 11) is 1.64. The number of nitrogens with one attached hydrogen (secondary N) is 2. The maximum atomic E-state index is 5.87. The summed E-state index contributed by atoms with van der Waals surface area (Å²) in [5.41, 5.74) is 1.17. The molecule has 3 rings (SSSR count). The Morgan fingerprint density at radius 2 is 1.87 bits per heavy atom. The van der Waals surface area contributed by atoms with Crippen LogP contribution in [0.1, 0.15) is 12.0 Å². The van der Waals surface area contributed by atoms with Gasteiger partial charge < -0.3 is 20.1 Å². The van der Waals surface area contributed by atoms with Gasteiger partial charge >= 0.3 is 0 Å². The maximum absolute atomic E-state index is 5.87. The molecule has 120 valence electrons. The summed E-state index contributed by atoms with van der Waals surface area (Å²) in [5, 5.41) is 6.55. The summed E-state index contributed by atoms with van der Waals surface area (Å²) in [6, 6.07) is 15.6. The molecular weight excluding hydrogens is 290 g/mol. The molecule has 0 fully saturated rings. The second-order valence-electron chi connectivity index (χ2n) is 5.26. The molecule has 0 spiro atoms. The Morgan fingerprint density at radius 3 is 2.57 bits per heavy atom. The minimum absolute atomic E-state index is 0.710. The van der Waals surface area contributed by atoms with Gasteiger partial charge in [0.25, 0.3) is 0 Å². The van der Waals surface area contributed by atoms with Gasteiger partial charge in [-0.05, 0) is 36.2 Å². The van der Waals surface area contributed by atoms with Crippen molar-refractivity contribution in [1.82, 2.24) is 10.6 Å². The predicted molar refractivity (Wildman–Crippen MR) is 91.3 cm³/mol. The first-order chi connectivity index (χ1) is 11.3. The quantitative estimate of drug-likeness (QED) is 0.891. The molecule has 0 atom stereocenters. The summed E-state index contributed by atoms with van der Waals surface area (Å²) in [4.78, 5) is 4.39. The number of ether oxygens (including phenoxy) is 2. The van der Waals surface area contributed by atoms with Crippen LogP contribution in [0.25, 0.3) is 0 Å². The Bertz CT molecular complexity index is 668. The van der Waals surface area contributed by atoms with Crippen molar-refractivity contribution in [3.05, 3.63) is 54.1 Å². The number of aliphatic imine (C=N–C) groups is 1. The molecule has 0 amide bonds. The molecule has 1 aliphatic heterocycles. The van der Waals surface area contributed by atoms with Gasteiger partial charge in [0.15, 0.2) is 17.5 Å². The smallest absolute Gasteiger partial charge is 0.191 e. The number of methoxy groups -OCH3 is 1. The molecule has 2 aromatic carbocycles. The Morgan fingerprint density at radius 1 is 1.09 bits per heavy atom.